The Kier molecular flexibility index (Phi) is 6.29. The minimum atomic E-state index is -0.578. The predicted octanol–water partition coefficient (Wildman–Crippen LogP) is 3.55. The van der Waals surface area contributed by atoms with Crippen LogP contribution >= 0.6 is 11.6 Å². The van der Waals surface area contributed by atoms with Crippen LogP contribution in [0, 0.1) is 5.82 Å². The van der Waals surface area contributed by atoms with E-state index in [2.05, 4.69) is 20.4 Å². The zero-order valence-electron chi connectivity index (χ0n) is 17.1. The van der Waals surface area contributed by atoms with Crippen LogP contribution < -0.4 is 10.9 Å². The minimum absolute atomic E-state index is 0.00140. The number of rotatable bonds is 7. The molecule has 0 bridgehead atoms. The molecule has 1 aromatic carbocycles. The van der Waals surface area contributed by atoms with E-state index in [-0.39, 0.29) is 23.6 Å². The van der Waals surface area contributed by atoms with Gasteiger partial charge in [0.25, 0.3) is 5.56 Å². The molecule has 10 heteroatoms. The smallest absolute Gasteiger partial charge is 0.251 e. The van der Waals surface area contributed by atoms with Crippen molar-refractivity contribution in [2.45, 2.75) is 12.5 Å². The Morgan fingerprint density at radius 2 is 2.03 bits per heavy atom. The van der Waals surface area contributed by atoms with E-state index in [1.807, 2.05) is 0 Å². The van der Waals surface area contributed by atoms with Crippen LogP contribution in [0.3, 0.4) is 0 Å². The lowest BCUT2D eigenvalue weighted by Gasteiger charge is -2.20. The van der Waals surface area contributed by atoms with E-state index in [9.17, 15) is 14.3 Å². The number of aromatic nitrogens is 5. The third-order valence-corrected chi connectivity index (χ3v) is 5.33. The van der Waals surface area contributed by atoms with E-state index in [0.717, 1.165) is 5.82 Å². The number of halogens is 2. The van der Waals surface area contributed by atoms with Crippen molar-refractivity contribution in [1.82, 2.24) is 24.3 Å². The molecule has 32 heavy (non-hydrogen) atoms. The van der Waals surface area contributed by atoms with Crippen LogP contribution in [0.4, 0.5) is 16.2 Å². The Morgan fingerprint density at radius 3 is 2.72 bits per heavy atom. The molecule has 8 nitrogen and oxygen atoms in total. The normalized spacial score (nSPS) is 12.0. The van der Waals surface area contributed by atoms with Gasteiger partial charge in [0.15, 0.2) is 0 Å². The summed E-state index contributed by atoms with van der Waals surface area (Å²) >= 11 is 5.78. The fourth-order valence-electron chi connectivity index (χ4n) is 3.41. The number of benzene rings is 1. The van der Waals surface area contributed by atoms with Crippen molar-refractivity contribution in [3.8, 4) is 11.3 Å². The van der Waals surface area contributed by atoms with Crippen LogP contribution in [-0.2, 0) is 7.05 Å². The van der Waals surface area contributed by atoms with Gasteiger partial charge >= 0.3 is 0 Å². The van der Waals surface area contributed by atoms with Gasteiger partial charge in [0, 0.05) is 43.7 Å². The zero-order valence-corrected chi connectivity index (χ0v) is 17.9. The molecule has 4 aromatic rings. The summed E-state index contributed by atoms with van der Waals surface area (Å²) in [6.07, 6.45) is 5.10. The topological polar surface area (TPSA) is 97.9 Å². The average molecular weight is 455 g/mol. The summed E-state index contributed by atoms with van der Waals surface area (Å²) in [6.45, 7) is -0.169. The second-order valence-electron chi connectivity index (χ2n) is 7.09. The Morgan fingerprint density at radius 1 is 1.19 bits per heavy atom. The molecule has 0 saturated heterocycles. The summed E-state index contributed by atoms with van der Waals surface area (Å²) in [4.78, 5) is 21.6. The van der Waals surface area contributed by atoms with Gasteiger partial charge in [-0.25, -0.2) is 14.4 Å². The van der Waals surface area contributed by atoms with Gasteiger partial charge in [0.05, 0.1) is 23.0 Å². The fraction of sp³-hybridized carbons (Fsp3) is 0.182. The number of hydrogen-bond acceptors (Lipinski definition) is 6. The second-order valence-corrected chi connectivity index (χ2v) is 7.50. The van der Waals surface area contributed by atoms with Crippen LogP contribution in [0.15, 0.2) is 65.8 Å². The van der Waals surface area contributed by atoms with Crippen molar-refractivity contribution in [1.29, 1.82) is 0 Å². The first-order chi connectivity index (χ1) is 15.5. The summed E-state index contributed by atoms with van der Waals surface area (Å²) in [5, 5.41) is 16.7. The Balaban J connectivity index is 1.65. The summed E-state index contributed by atoms with van der Waals surface area (Å²) in [6, 6.07) is 10.5. The number of nitrogens with zero attached hydrogens (tertiary/aromatic N) is 5. The third kappa shape index (κ3) is 4.53. The van der Waals surface area contributed by atoms with Crippen molar-refractivity contribution < 1.29 is 9.50 Å². The Labute approximate surface area is 188 Å². The average Bonchev–Trinajstić information content (AvgIpc) is 3.19. The highest BCUT2D eigenvalue weighted by Crippen LogP contribution is 2.26. The van der Waals surface area contributed by atoms with E-state index >= 15 is 0 Å². The van der Waals surface area contributed by atoms with Gasteiger partial charge in [0.2, 0.25) is 5.95 Å². The van der Waals surface area contributed by atoms with E-state index < -0.39 is 11.9 Å². The van der Waals surface area contributed by atoms with Crippen molar-refractivity contribution in [3.05, 3.63) is 87.8 Å². The molecule has 0 aliphatic heterocycles. The largest absolute Gasteiger partial charge is 0.396 e. The first kappa shape index (κ1) is 21.7. The fourth-order valence-corrected chi connectivity index (χ4v) is 3.52. The molecule has 3 aromatic heterocycles. The summed E-state index contributed by atoms with van der Waals surface area (Å²) in [5.41, 5.74) is 1.40. The molecule has 0 aliphatic carbocycles. The number of hydrogen-bond donors (Lipinski definition) is 2. The van der Waals surface area contributed by atoms with Crippen molar-refractivity contribution in [2.75, 3.05) is 11.9 Å². The van der Waals surface area contributed by atoms with Gasteiger partial charge < -0.3 is 15.0 Å². The van der Waals surface area contributed by atoms with E-state index in [1.54, 1.807) is 54.6 Å². The van der Waals surface area contributed by atoms with Gasteiger partial charge in [-0.15, -0.1) is 0 Å². The van der Waals surface area contributed by atoms with E-state index in [1.165, 1.54) is 22.8 Å². The first-order valence-corrected chi connectivity index (χ1v) is 10.2. The molecular weight excluding hydrogens is 435 g/mol. The van der Waals surface area contributed by atoms with E-state index in [4.69, 9.17) is 11.6 Å². The maximum atomic E-state index is 14.0. The maximum absolute atomic E-state index is 14.0. The molecular formula is C22H20ClFN6O2. The lowest BCUT2D eigenvalue weighted by molar-refractivity contribution is 0.266. The third-order valence-electron chi connectivity index (χ3n) is 5.03. The monoisotopic (exact) mass is 454 g/mol. The van der Waals surface area contributed by atoms with Gasteiger partial charge in [-0.1, -0.05) is 17.7 Å². The first-order valence-electron chi connectivity index (χ1n) is 9.82. The predicted molar refractivity (Wildman–Crippen MR) is 119 cm³/mol. The van der Waals surface area contributed by atoms with Gasteiger partial charge in [-0.3, -0.25) is 9.48 Å². The van der Waals surface area contributed by atoms with Crippen molar-refractivity contribution >= 4 is 23.4 Å². The number of anilines is 2. The van der Waals surface area contributed by atoms with Gasteiger partial charge in [-0.05, 0) is 36.2 Å². The number of aryl methyl sites for hydroxylation is 1. The van der Waals surface area contributed by atoms with Crippen LogP contribution in [0.25, 0.3) is 11.3 Å². The lowest BCUT2D eigenvalue weighted by atomic mass is 10.0. The number of nitrogens with one attached hydrogen (secondary N) is 1. The molecule has 4 rings (SSSR count). The van der Waals surface area contributed by atoms with Crippen LogP contribution in [0.1, 0.15) is 18.0 Å². The van der Waals surface area contributed by atoms with Crippen LogP contribution in [-0.4, -0.2) is 36.0 Å². The quantitative estimate of drug-likeness (QED) is 0.443. The molecule has 0 radical (unpaired) electrons. The highest BCUT2D eigenvalue weighted by molar-refractivity contribution is 6.30. The van der Waals surface area contributed by atoms with E-state index in [0.29, 0.717) is 22.8 Å². The highest BCUT2D eigenvalue weighted by Gasteiger charge is 2.17. The SMILES string of the molecule is Cn1nccc1Nc1nccc(-c2ccn(C(CCO)c3ccc(Cl)c(F)c3)c(=O)c2)n1. The zero-order chi connectivity index (χ0) is 22.7. The molecule has 0 aliphatic rings. The molecule has 164 valence electrons. The molecule has 2 N–H and O–H groups in total. The summed E-state index contributed by atoms with van der Waals surface area (Å²) < 4.78 is 17.1. The number of pyridine rings is 1. The number of aliphatic hydroxyl groups is 1. The minimum Gasteiger partial charge on any atom is -0.396 e. The lowest BCUT2D eigenvalue weighted by Crippen LogP contribution is -2.25. The molecule has 1 atom stereocenters. The van der Waals surface area contributed by atoms with Crippen molar-refractivity contribution in [3.63, 3.8) is 0 Å². The number of aliphatic hydroxyl groups excluding tert-OH is 1. The Bertz CT molecular complexity index is 1310. The molecule has 1 unspecified atom stereocenters. The molecule has 0 fully saturated rings. The summed E-state index contributed by atoms with van der Waals surface area (Å²) in [7, 11) is 1.79. The maximum Gasteiger partial charge on any atom is 0.251 e. The standard InChI is InChI=1S/C22H20ClFN6O2/c1-29-20(5-9-26-29)28-22-25-8-4-18(27-22)14-6-10-30(21(32)13-14)19(7-11-31)15-2-3-16(23)17(24)12-15/h2-6,8-10,12-13,19,31H,7,11H2,1H3,(H,25,27,28). The second kappa shape index (κ2) is 9.29. The van der Waals surface area contributed by atoms with Crippen LogP contribution in [0.2, 0.25) is 5.02 Å². The van der Waals surface area contributed by atoms with Gasteiger partial charge in [-0.2, -0.15) is 5.10 Å². The van der Waals surface area contributed by atoms with Crippen LogP contribution in [0.5, 0.6) is 0 Å². The van der Waals surface area contributed by atoms with Gasteiger partial charge in [0.1, 0.15) is 11.6 Å². The molecule has 0 amide bonds. The molecule has 0 spiro atoms. The molecule has 0 saturated carbocycles. The molecule has 3 heterocycles. The highest BCUT2D eigenvalue weighted by atomic mass is 35.5. The summed E-state index contributed by atoms with van der Waals surface area (Å²) in [5.74, 6) is 0.510. The van der Waals surface area contributed by atoms with Crippen molar-refractivity contribution in [2.24, 2.45) is 7.05 Å². The Hall–Kier alpha value is -3.56.